The molecule has 1 heterocycles. The van der Waals surface area contributed by atoms with Crippen molar-refractivity contribution in [2.75, 3.05) is 20.8 Å². The average molecular weight is 308 g/mol. The third kappa shape index (κ3) is 3.32. The number of methoxy groups -OCH3 is 2. The summed E-state index contributed by atoms with van der Waals surface area (Å²) in [6.45, 7) is 0.196. The van der Waals surface area contributed by atoms with E-state index < -0.39 is 12.0 Å². The van der Waals surface area contributed by atoms with Crippen LogP contribution < -0.4 is 10.6 Å². The van der Waals surface area contributed by atoms with Gasteiger partial charge in [-0.05, 0) is 29.9 Å². The van der Waals surface area contributed by atoms with Gasteiger partial charge in [0.05, 0.1) is 31.0 Å². The number of aromatic hydroxyl groups is 1. The van der Waals surface area contributed by atoms with E-state index in [0.717, 1.165) is 0 Å². The molecule has 0 aliphatic carbocycles. The summed E-state index contributed by atoms with van der Waals surface area (Å²) in [6, 6.07) is 6.10. The highest BCUT2D eigenvalue weighted by atomic mass is 32.1. The second-order valence-corrected chi connectivity index (χ2v) is 4.85. The van der Waals surface area contributed by atoms with Gasteiger partial charge in [-0.3, -0.25) is 0 Å². The molecule has 0 spiro atoms. The normalized spacial score (nSPS) is 18.0. The fourth-order valence-electron chi connectivity index (χ4n) is 2.18. The van der Waals surface area contributed by atoms with E-state index in [1.807, 2.05) is 0 Å². The van der Waals surface area contributed by atoms with Gasteiger partial charge in [0.15, 0.2) is 5.11 Å². The van der Waals surface area contributed by atoms with E-state index in [1.165, 1.54) is 14.2 Å². The van der Waals surface area contributed by atoms with Crippen molar-refractivity contribution in [3.05, 3.63) is 41.1 Å². The summed E-state index contributed by atoms with van der Waals surface area (Å²) in [5.41, 5.74) is 1.62. The number of thiocarbonyl (C=S) groups is 1. The van der Waals surface area contributed by atoms with Crippen molar-refractivity contribution in [3.63, 3.8) is 0 Å². The van der Waals surface area contributed by atoms with Crippen molar-refractivity contribution in [2.45, 2.75) is 6.04 Å². The monoisotopic (exact) mass is 308 g/mol. The number of benzene rings is 1. The smallest absolute Gasteiger partial charge is 0.338 e. The van der Waals surface area contributed by atoms with E-state index in [-0.39, 0.29) is 12.4 Å². The minimum absolute atomic E-state index is 0.108. The zero-order valence-electron chi connectivity index (χ0n) is 11.7. The topological polar surface area (TPSA) is 79.8 Å². The van der Waals surface area contributed by atoms with Crippen molar-refractivity contribution in [3.8, 4) is 5.75 Å². The Morgan fingerprint density at radius 3 is 2.81 bits per heavy atom. The molecule has 1 aliphatic heterocycles. The Morgan fingerprint density at radius 1 is 1.43 bits per heavy atom. The molecule has 7 heteroatoms. The molecule has 1 unspecified atom stereocenters. The van der Waals surface area contributed by atoms with E-state index in [4.69, 9.17) is 21.7 Å². The van der Waals surface area contributed by atoms with Gasteiger partial charge < -0.3 is 25.2 Å². The zero-order valence-corrected chi connectivity index (χ0v) is 12.5. The average Bonchev–Trinajstić information content (AvgIpc) is 2.46. The lowest BCUT2D eigenvalue weighted by Gasteiger charge is -2.30. The third-order valence-corrected chi connectivity index (χ3v) is 3.27. The zero-order chi connectivity index (χ0) is 15.4. The maximum Gasteiger partial charge on any atom is 0.338 e. The largest absolute Gasteiger partial charge is 0.508 e. The predicted molar refractivity (Wildman–Crippen MR) is 80.6 cm³/mol. The number of hydrogen-bond donors (Lipinski definition) is 3. The van der Waals surface area contributed by atoms with Crippen molar-refractivity contribution >= 4 is 23.3 Å². The number of phenolic OH excluding ortho intramolecular Hbond substituents is 1. The van der Waals surface area contributed by atoms with Crippen LogP contribution in [0.2, 0.25) is 0 Å². The molecule has 0 saturated heterocycles. The van der Waals surface area contributed by atoms with Crippen LogP contribution in [-0.4, -0.2) is 37.0 Å². The predicted octanol–water partition coefficient (Wildman–Crippen LogP) is 0.984. The summed E-state index contributed by atoms with van der Waals surface area (Å²) < 4.78 is 9.94. The van der Waals surface area contributed by atoms with E-state index in [9.17, 15) is 9.90 Å². The summed E-state index contributed by atoms with van der Waals surface area (Å²) in [5.74, 6) is -0.380. The van der Waals surface area contributed by atoms with E-state index in [2.05, 4.69) is 10.6 Å². The van der Waals surface area contributed by atoms with Crippen molar-refractivity contribution in [1.29, 1.82) is 0 Å². The fraction of sp³-hybridized carbons (Fsp3) is 0.286. The van der Waals surface area contributed by atoms with Crippen LogP contribution in [0.1, 0.15) is 11.6 Å². The van der Waals surface area contributed by atoms with Gasteiger partial charge in [-0.2, -0.15) is 0 Å². The molecule has 1 aromatic carbocycles. The molecular formula is C14H16N2O4S. The summed E-state index contributed by atoms with van der Waals surface area (Å²) in [6.07, 6.45) is 0. The first-order valence-corrected chi connectivity index (χ1v) is 6.64. The van der Waals surface area contributed by atoms with Gasteiger partial charge >= 0.3 is 5.97 Å². The SMILES string of the molecule is COCC1=C(C(=O)OC)C(c2cccc(O)c2)NC(=S)N1. The molecular weight excluding hydrogens is 292 g/mol. The summed E-state index contributed by atoms with van der Waals surface area (Å²) >= 11 is 5.16. The Bertz CT molecular complexity index is 600. The lowest BCUT2D eigenvalue weighted by atomic mass is 9.95. The van der Waals surface area contributed by atoms with Gasteiger partial charge in [0.1, 0.15) is 5.75 Å². The first-order valence-electron chi connectivity index (χ1n) is 6.23. The second kappa shape index (κ2) is 6.55. The van der Waals surface area contributed by atoms with Crippen LogP contribution in [0.25, 0.3) is 0 Å². The Morgan fingerprint density at radius 2 is 2.19 bits per heavy atom. The maximum absolute atomic E-state index is 12.1. The number of esters is 1. The van der Waals surface area contributed by atoms with Crippen LogP contribution >= 0.6 is 12.2 Å². The number of carbonyl (C=O) groups is 1. The first-order chi connectivity index (χ1) is 10.1. The van der Waals surface area contributed by atoms with Crippen molar-refractivity contribution in [2.24, 2.45) is 0 Å². The van der Waals surface area contributed by atoms with Crippen LogP contribution in [0.5, 0.6) is 5.75 Å². The maximum atomic E-state index is 12.1. The summed E-state index contributed by atoms with van der Waals surface area (Å²) in [4.78, 5) is 12.1. The Hall–Kier alpha value is -2.12. The Kier molecular flexibility index (Phi) is 4.77. The second-order valence-electron chi connectivity index (χ2n) is 4.44. The number of phenols is 1. The number of hydrogen-bond acceptors (Lipinski definition) is 5. The van der Waals surface area contributed by atoms with Crippen LogP contribution in [0.4, 0.5) is 0 Å². The van der Waals surface area contributed by atoms with Gasteiger partial charge in [0.2, 0.25) is 0 Å². The van der Waals surface area contributed by atoms with E-state index in [1.54, 1.807) is 24.3 Å². The number of ether oxygens (including phenoxy) is 2. The number of rotatable bonds is 4. The van der Waals surface area contributed by atoms with Crippen LogP contribution in [-0.2, 0) is 14.3 Å². The molecule has 2 rings (SSSR count). The summed E-state index contributed by atoms with van der Waals surface area (Å²) in [5, 5.41) is 15.9. The molecule has 0 amide bonds. The van der Waals surface area contributed by atoms with Gasteiger partial charge in [0, 0.05) is 7.11 Å². The van der Waals surface area contributed by atoms with Gasteiger partial charge in [0.25, 0.3) is 0 Å². The van der Waals surface area contributed by atoms with Crippen molar-refractivity contribution < 1.29 is 19.4 Å². The highest BCUT2D eigenvalue weighted by Crippen LogP contribution is 2.29. The fourth-order valence-corrected chi connectivity index (χ4v) is 2.42. The highest BCUT2D eigenvalue weighted by Gasteiger charge is 2.32. The molecule has 0 radical (unpaired) electrons. The van der Waals surface area contributed by atoms with Gasteiger partial charge in [-0.15, -0.1) is 0 Å². The molecule has 21 heavy (non-hydrogen) atoms. The van der Waals surface area contributed by atoms with Gasteiger partial charge in [-0.1, -0.05) is 12.1 Å². The van der Waals surface area contributed by atoms with Crippen LogP contribution in [0.3, 0.4) is 0 Å². The molecule has 6 nitrogen and oxygen atoms in total. The minimum Gasteiger partial charge on any atom is -0.508 e. The Labute approximate surface area is 127 Å². The van der Waals surface area contributed by atoms with Crippen LogP contribution in [0.15, 0.2) is 35.5 Å². The number of carbonyl (C=O) groups excluding carboxylic acids is 1. The first kappa shape index (κ1) is 15.3. The molecule has 1 aliphatic rings. The third-order valence-electron chi connectivity index (χ3n) is 3.05. The standard InChI is InChI=1S/C14H16N2O4S/c1-19-7-10-11(13(18)20-2)12(16-14(21)15-10)8-4-3-5-9(17)6-8/h3-6,12,17H,7H2,1-2H3,(H2,15,16,21). The molecule has 3 N–H and O–H groups in total. The quantitative estimate of drug-likeness (QED) is 0.565. The Balaban J connectivity index is 2.52. The van der Waals surface area contributed by atoms with Crippen molar-refractivity contribution in [1.82, 2.24) is 10.6 Å². The summed E-state index contributed by atoms with van der Waals surface area (Å²) in [7, 11) is 2.84. The molecule has 1 aromatic rings. The molecule has 0 bridgehead atoms. The lowest BCUT2D eigenvalue weighted by Crippen LogP contribution is -2.46. The molecule has 112 valence electrons. The number of nitrogens with one attached hydrogen (secondary N) is 2. The van der Waals surface area contributed by atoms with Gasteiger partial charge in [-0.25, -0.2) is 4.79 Å². The molecule has 1 atom stereocenters. The molecule has 0 fully saturated rings. The van der Waals surface area contributed by atoms with E-state index in [0.29, 0.717) is 21.9 Å². The highest BCUT2D eigenvalue weighted by molar-refractivity contribution is 7.80. The molecule has 0 saturated carbocycles. The minimum atomic E-state index is -0.511. The lowest BCUT2D eigenvalue weighted by molar-refractivity contribution is -0.136. The van der Waals surface area contributed by atoms with E-state index >= 15 is 0 Å². The van der Waals surface area contributed by atoms with Crippen LogP contribution in [0, 0.1) is 0 Å². The molecule has 0 aromatic heterocycles.